The van der Waals surface area contributed by atoms with E-state index in [-0.39, 0.29) is 31.2 Å². The summed E-state index contributed by atoms with van der Waals surface area (Å²) in [5.41, 5.74) is 1.37. The number of nitrogens with zero attached hydrogens (tertiary/aromatic N) is 3. The topological polar surface area (TPSA) is 71.7 Å². The van der Waals surface area contributed by atoms with Crippen molar-refractivity contribution in [2.75, 3.05) is 4.90 Å². The predicted octanol–water partition coefficient (Wildman–Crippen LogP) is 4.04. The van der Waals surface area contributed by atoms with Gasteiger partial charge in [-0.05, 0) is 36.4 Å². The highest BCUT2D eigenvalue weighted by molar-refractivity contribution is 7.16. The highest BCUT2D eigenvalue weighted by Gasteiger charge is 2.30. The van der Waals surface area contributed by atoms with Crippen LogP contribution in [0.5, 0.6) is 0 Å². The second-order valence-electron chi connectivity index (χ2n) is 6.47. The van der Waals surface area contributed by atoms with Gasteiger partial charge >= 0.3 is 0 Å². The van der Waals surface area contributed by atoms with Gasteiger partial charge in [0, 0.05) is 18.4 Å². The van der Waals surface area contributed by atoms with Crippen LogP contribution in [-0.4, -0.2) is 22.3 Å². The largest absolute Gasteiger partial charge is 0.303 e. The molecule has 9 heteroatoms. The van der Waals surface area contributed by atoms with Crippen molar-refractivity contribution in [3.8, 4) is 12.3 Å². The summed E-state index contributed by atoms with van der Waals surface area (Å²) in [6.45, 7) is 0.171. The lowest BCUT2D eigenvalue weighted by Gasteiger charge is -2.13. The first-order valence-electron chi connectivity index (χ1n) is 8.86. The molecule has 0 bridgehead atoms. The summed E-state index contributed by atoms with van der Waals surface area (Å²) in [7, 11) is 0. The van der Waals surface area contributed by atoms with Gasteiger partial charge in [-0.3, -0.25) is 19.3 Å². The standard InChI is InChI=1S/C21H13Cl2N3O3S/c1-2-11-25-19-15(8-7-14(22)18(19)23)30-21(25)24-20(29)12-3-5-13(6-4-12)26-16(27)9-10-17(26)28/h1,3-8H,9-11H2. The number of carbonyl (C=O) groups is 3. The molecule has 3 amide bonds. The third-order valence-electron chi connectivity index (χ3n) is 4.60. The Hall–Kier alpha value is -2.92. The number of fused-ring (bicyclic) bond motifs is 1. The van der Waals surface area contributed by atoms with Crippen molar-refractivity contribution in [3.63, 3.8) is 0 Å². The Morgan fingerprint density at radius 1 is 1.10 bits per heavy atom. The maximum absolute atomic E-state index is 12.7. The molecule has 6 nitrogen and oxygen atoms in total. The molecule has 2 heterocycles. The quantitative estimate of drug-likeness (QED) is 0.440. The lowest BCUT2D eigenvalue weighted by Crippen LogP contribution is -2.28. The number of rotatable bonds is 3. The van der Waals surface area contributed by atoms with Crippen molar-refractivity contribution in [2.45, 2.75) is 19.4 Å². The van der Waals surface area contributed by atoms with Crippen LogP contribution in [0.25, 0.3) is 10.2 Å². The number of hydrogen-bond acceptors (Lipinski definition) is 4. The Bertz CT molecular complexity index is 1300. The molecule has 1 aliphatic rings. The van der Waals surface area contributed by atoms with Crippen LogP contribution in [-0.2, 0) is 16.1 Å². The molecule has 4 rings (SSSR count). The fraction of sp³-hybridized carbons (Fsp3) is 0.143. The Labute approximate surface area is 185 Å². The van der Waals surface area contributed by atoms with Crippen molar-refractivity contribution in [1.29, 1.82) is 0 Å². The van der Waals surface area contributed by atoms with E-state index in [2.05, 4.69) is 10.9 Å². The number of thiazole rings is 1. The zero-order chi connectivity index (χ0) is 21.4. The van der Waals surface area contributed by atoms with Crippen LogP contribution in [0.3, 0.4) is 0 Å². The van der Waals surface area contributed by atoms with E-state index in [9.17, 15) is 14.4 Å². The molecule has 0 saturated carbocycles. The molecule has 0 aliphatic carbocycles. The Morgan fingerprint density at radius 2 is 1.77 bits per heavy atom. The van der Waals surface area contributed by atoms with Crippen molar-refractivity contribution >= 4 is 68.2 Å². The van der Waals surface area contributed by atoms with Crippen LogP contribution in [0.4, 0.5) is 5.69 Å². The fourth-order valence-electron chi connectivity index (χ4n) is 3.20. The molecule has 1 fully saturated rings. The van der Waals surface area contributed by atoms with Crippen molar-refractivity contribution in [3.05, 3.63) is 56.8 Å². The van der Waals surface area contributed by atoms with Gasteiger partial charge in [0.2, 0.25) is 11.8 Å². The molecule has 1 aromatic heterocycles. The van der Waals surface area contributed by atoms with Crippen LogP contribution < -0.4 is 9.70 Å². The van der Waals surface area contributed by atoms with Crippen molar-refractivity contribution in [2.24, 2.45) is 4.99 Å². The number of benzene rings is 2. The van der Waals surface area contributed by atoms with E-state index in [4.69, 9.17) is 29.6 Å². The summed E-state index contributed by atoms with van der Waals surface area (Å²) in [5.74, 6) is 1.55. The van der Waals surface area contributed by atoms with E-state index in [0.29, 0.717) is 31.6 Å². The van der Waals surface area contributed by atoms with Gasteiger partial charge in [0.25, 0.3) is 5.91 Å². The first-order valence-corrected chi connectivity index (χ1v) is 10.4. The van der Waals surface area contributed by atoms with Crippen LogP contribution in [0.15, 0.2) is 41.4 Å². The molecule has 1 aliphatic heterocycles. The molecular formula is C21H13Cl2N3O3S. The zero-order valence-corrected chi connectivity index (χ0v) is 17.7. The Morgan fingerprint density at radius 3 is 2.40 bits per heavy atom. The number of halogens is 2. The van der Waals surface area contributed by atoms with E-state index < -0.39 is 5.91 Å². The van der Waals surface area contributed by atoms with Gasteiger partial charge in [-0.25, -0.2) is 0 Å². The zero-order valence-electron chi connectivity index (χ0n) is 15.4. The monoisotopic (exact) mass is 457 g/mol. The number of hydrogen-bond donors (Lipinski definition) is 0. The summed E-state index contributed by atoms with van der Waals surface area (Å²) < 4.78 is 2.47. The number of carbonyl (C=O) groups excluding carboxylic acids is 3. The maximum atomic E-state index is 12.7. The predicted molar refractivity (Wildman–Crippen MR) is 117 cm³/mol. The Kier molecular flexibility index (Phi) is 5.48. The van der Waals surface area contributed by atoms with Crippen LogP contribution in [0, 0.1) is 12.3 Å². The van der Waals surface area contributed by atoms with Gasteiger partial charge in [-0.2, -0.15) is 4.99 Å². The van der Waals surface area contributed by atoms with E-state index in [1.807, 2.05) is 0 Å². The van der Waals surface area contributed by atoms with Gasteiger partial charge in [-0.1, -0.05) is 40.5 Å². The summed E-state index contributed by atoms with van der Waals surface area (Å²) in [4.78, 5) is 42.2. The molecule has 1 saturated heterocycles. The van der Waals surface area contributed by atoms with Gasteiger partial charge in [-0.15, -0.1) is 6.42 Å². The van der Waals surface area contributed by atoms with Gasteiger partial charge in [0.15, 0.2) is 4.80 Å². The highest BCUT2D eigenvalue weighted by atomic mass is 35.5. The van der Waals surface area contributed by atoms with E-state index >= 15 is 0 Å². The molecule has 0 N–H and O–H groups in total. The van der Waals surface area contributed by atoms with E-state index in [1.165, 1.54) is 23.5 Å². The first kappa shape index (κ1) is 20.4. The molecule has 30 heavy (non-hydrogen) atoms. The first-order chi connectivity index (χ1) is 14.4. The third kappa shape index (κ3) is 3.54. The molecule has 0 atom stereocenters. The summed E-state index contributed by atoms with van der Waals surface area (Å²) >= 11 is 13.7. The van der Waals surface area contributed by atoms with Crippen LogP contribution in [0.1, 0.15) is 23.2 Å². The van der Waals surface area contributed by atoms with E-state index in [1.54, 1.807) is 28.8 Å². The summed E-state index contributed by atoms with van der Waals surface area (Å²) in [6.07, 6.45) is 5.87. The normalized spacial score (nSPS) is 14.6. The molecule has 0 spiro atoms. The molecular weight excluding hydrogens is 445 g/mol. The minimum atomic E-state index is -0.486. The van der Waals surface area contributed by atoms with Crippen molar-refractivity contribution in [1.82, 2.24) is 4.57 Å². The number of aromatic nitrogens is 1. The molecule has 3 aromatic rings. The number of anilines is 1. The van der Waals surface area contributed by atoms with Gasteiger partial charge < -0.3 is 4.57 Å². The SMILES string of the molecule is C#CCn1c(=NC(=O)c2ccc(N3C(=O)CCC3=O)cc2)sc2ccc(Cl)c(Cl)c21. The number of imide groups is 1. The second-order valence-corrected chi connectivity index (χ2v) is 8.26. The average Bonchev–Trinajstić information content (AvgIpc) is 3.25. The number of terminal acetylenes is 1. The van der Waals surface area contributed by atoms with Crippen LogP contribution >= 0.6 is 34.5 Å². The lowest BCUT2D eigenvalue weighted by molar-refractivity contribution is -0.121. The van der Waals surface area contributed by atoms with Crippen molar-refractivity contribution < 1.29 is 14.4 Å². The fourth-order valence-corrected chi connectivity index (χ4v) is 4.71. The van der Waals surface area contributed by atoms with E-state index in [0.717, 1.165) is 9.60 Å². The van der Waals surface area contributed by atoms with Gasteiger partial charge in [0.1, 0.15) is 0 Å². The second kappa shape index (κ2) is 8.07. The minimum absolute atomic E-state index is 0.171. The summed E-state index contributed by atoms with van der Waals surface area (Å²) in [5, 5.41) is 0.728. The smallest absolute Gasteiger partial charge is 0.279 e. The molecule has 0 unspecified atom stereocenters. The molecule has 150 valence electrons. The average molecular weight is 458 g/mol. The van der Waals surface area contributed by atoms with Crippen LogP contribution in [0.2, 0.25) is 10.0 Å². The third-order valence-corrected chi connectivity index (χ3v) is 6.44. The lowest BCUT2D eigenvalue weighted by atomic mass is 10.2. The maximum Gasteiger partial charge on any atom is 0.279 e. The number of amides is 3. The Balaban J connectivity index is 1.73. The van der Waals surface area contributed by atoms with Gasteiger partial charge in [0.05, 0.1) is 32.5 Å². The minimum Gasteiger partial charge on any atom is -0.303 e. The summed E-state index contributed by atoms with van der Waals surface area (Å²) in [6, 6.07) is 9.64. The molecule has 2 aromatic carbocycles. The molecule has 0 radical (unpaired) electrons. The highest BCUT2D eigenvalue weighted by Crippen LogP contribution is 2.32.